The first-order chi connectivity index (χ1) is 8.65. The highest BCUT2D eigenvalue weighted by Gasteiger charge is 2.54. The summed E-state index contributed by atoms with van der Waals surface area (Å²) in [6.45, 7) is 5.41. The Kier molecular flexibility index (Phi) is 5.08. The van der Waals surface area contributed by atoms with E-state index in [0.717, 1.165) is 18.9 Å². The van der Waals surface area contributed by atoms with E-state index < -0.39 is 0 Å². The Labute approximate surface area is 112 Å². The van der Waals surface area contributed by atoms with Crippen LogP contribution in [0.25, 0.3) is 0 Å². The Hall–Kier alpha value is -0.0800. The average molecular weight is 254 g/mol. The van der Waals surface area contributed by atoms with E-state index in [1.165, 1.54) is 51.4 Å². The third-order valence-electron chi connectivity index (χ3n) is 5.02. The summed E-state index contributed by atoms with van der Waals surface area (Å²) in [4.78, 5) is 0. The molecule has 2 nitrogen and oxygen atoms in total. The van der Waals surface area contributed by atoms with Crippen molar-refractivity contribution in [1.82, 2.24) is 0 Å². The van der Waals surface area contributed by atoms with Gasteiger partial charge in [0.05, 0.1) is 12.2 Å². The fraction of sp³-hybridized carbons (Fsp3) is 1.00. The maximum atomic E-state index is 10.2. The van der Waals surface area contributed by atoms with E-state index in [0.29, 0.717) is 6.10 Å². The van der Waals surface area contributed by atoms with Crippen molar-refractivity contribution in [1.29, 1.82) is 0 Å². The van der Waals surface area contributed by atoms with Crippen LogP contribution in [0.15, 0.2) is 0 Å². The number of aliphatic hydroxyl groups is 1. The zero-order valence-electron chi connectivity index (χ0n) is 12.2. The van der Waals surface area contributed by atoms with Gasteiger partial charge in [-0.3, -0.25) is 0 Å². The quantitative estimate of drug-likeness (QED) is 0.754. The van der Waals surface area contributed by atoms with Gasteiger partial charge in [0.25, 0.3) is 0 Å². The molecular weight excluding hydrogens is 224 g/mol. The first kappa shape index (κ1) is 14.3. The van der Waals surface area contributed by atoms with Gasteiger partial charge in [-0.15, -0.1) is 0 Å². The van der Waals surface area contributed by atoms with Crippen LogP contribution in [-0.2, 0) is 4.74 Å². The van der Waals surface area contributed by atoms with Gasteiger partial charge in [-0.1, -0.05) is 39.5 Å². The molecule has 0 aromatic rings. The summed E-state index contributed by atoms with van der Waals surface area (Å²) >= 11 is 0. The highest BCUT2D eigenvalue weighted by Crippen LogP contribution is 2.52. The lowest BCUT2D eigenvalue weighted by Crippen LogP contribution is -2.58. The predicted molar refractivity (Wildman–Crippen MR) is 74.6 cm³/mol. The highest BCUT2D eigenvalue weighted by atomic mass is 16.5. The largest absolute Gasteiger partial charge is 0.392 e. The van der Waals surface area contributed by atoms with Crippen LogP contribution in [0.5, 0.6) is 0 Å². The predicted octanol–water partition coefficient (Wildman–Crippen LogP) is 3.91. The summed E-state index contributed by atoms with van der Waals surface area (Å²) in [6.07, 6.45) is 11.2. The maximum absolute atomic E-state index is 10.2. The van der Waals surface area contributed by atoms with E-state index in [-0.39, 0.29) is 11.5 Å². The number of rotatable bonds is 5. The molecule has 2 fully saturated rings. The Bertz CT molecular complexity index is 241. The van der Waals surface area contributed by atoms with Crippen molar-refractivity contribution in [2.45, 2.75) is 83.8 Å². The van der Waals surface area contributed by atoms with Crippen molar-refractivity contribution in [2.75, 3.05) is 6.61 Å². The van der Waals surface area contributed by atoms with Crippen molar-refractivity contribution in [3.8, 4) is 0 Å². The normalized spacial score (nSPS) is 31.3. The topological polar surface area (TPSA) is 29.5 Å². The molecule has 2 heteroatoms. The van der Waals surface area contributed by atoms with Crippen molar-refractivity contribution in [2.24, 2.45) is 11.3 Å². The molecule has 0 aromatic heterocycles. The average Bonchev–Trinajstić information content (AvgIpc) is 2.60. The molecule has 0 aliphatic heterocycles. The van der Waals surface area contributed by atoms with Gasteiger partial charge in [0.2, 0.25) is 0 Å². The van der Waals surface area contributed by atoms with Crippen molar-refractivity contribution in [3.63, 3.8) is 0 Å². The number of ether oxygens (including phenoxy) is 1. The zero-order chi connectivity index (χ0) is 13.0. The van der Waals surface area contributed by atoms with Crippen molar-refractivity contribution in [3.05, 3.63) is 0 Å². The molecule has 0 bridgehead atoms. The van der Waals surface area contributed by atoms with Crippen LogP contribution in [-0.4, -0.2) is 23.9 Å². The molecule has 2 aliphatic rings. The van der Waals surface area contributed by atoms with Gasteiger partial charge in [0, 0.05) is 18.4 Å². The number of hydrogen-bond acceptors (Lipinski definition) is 2. The molecular formula is C16H30O2. The molecule has 18 heavy (non-hydrogen) atoms. The van der Waals surface area contributed by atoms with E-state index >= 15 is 0 Å². The van der Waals surface area contributed by atoms with Crippen LogP contribution in [0, 0.1) is 11.3 Å². The Balaban J connectivity index is 1.78. The first-order valence-corrected chi connectivity index (χ1v) is 7.95. The smallest absolute Gasteiger partial charge is 0.0680 e. The number of aliphatic hydroxyl groups excluding tert-OH is 1. The molecule has 0 radical (unpaired) electrons. The van der Waals surface area contributed by atoms with E-state index in [1.807, 2.05) is 0 Å². The molecule has 2 atom stereocenters. The minimum absolute atomic E-state index is 0.0919. The summed E-state index contributed by atoms with van der Waals surface area (Å²) in [6, 6.07) is 0. The summed E-state index contributed by atoms with van der Waals surface area (Å²) in [5, 5.41) is 10.2. The van der Waals surface area contributed by atoms with E-state index in [2.05, 4.69) is 13.8 Å². The van der Waals surface area contributed by atoms with Gasteiger partial charge >= 0.3 is 0 Å². The Morgan fingerprint density at radius 1 is 1.17 bits per heavy atom. The van der Waals surface area contributed by atoms with E-state index in [9.17, 15) is 5.11 Å². The van der Waals surface area contributed by atoms with Crippen LogP contribution < -0.4 is 0 Å². The van der Waals surface area contributed by atoms with Crippen LogP contribution in [0.2, 0.25) is 0 Å². The Morgan fingerprint density at radius 3 is 2.39 bits per heavy atom. The second-order valence-electron chi connectivity index (χ2n) is 6.79. The molecule has 1 spiro atoms. The molecule has 1 N–H and O–H groups in total. The second-order valence-corrected chi connectivity index (χ2v) is 6.79. The first-order valence-electron chi connectivity index (χ1n) is 7.95. The summed E-state index contributed by atoms with van der Waals surface area (Å²) < 4.78 is 6.09. The monoisotopic (exact) mass is 254 g/mol. The minimum Gasteiger partial charge on any atom is -0.392 e. The van der Waals surface area contributed by atoms with Crippen LogP contribution >= 0.6 is 0 Å². The van der Waals surface area contributed by atoms with Gasteiger partial charge in [-0.05, 0) is 31.6 Å². The van der Waals surface area contributed by atoms with Gasteiger partial charge in [-0.2, -0.15) is 0 Å². The van der Waals surface area contributed by atoms with Crippen molar-refractivity contribution >= 4 is 0 Å². The molecule has 0 amide bonds. The van der Waals surface area contributed by atoms with E-state index in [1.54, 1.807) is 0 Å². The summed E-state index contributed by atoms with van der Waals surface area (Å²) in [7, 11) is 0. The lowest BCUT2D eigenvalue weighted by Gasteiger charge is -2.53. The van der Waals surface area contributed by atoms with Gasteiger partial charge in [-0.25, -0.2) is 0 Å². The Morgan fingerprint density at radius 2 is 1.83 bits per heavy atom. The van der Waals surface area contributed by atoms with E-state index in [4.69, 9.17) is 4.74 Å². The molecule has 0 aromatic carbocycles. The lowest BCUT2D eigenvalue weighted by molar-refractivity contribution is -0.199. The third-order valence-corrected chi connectivity index (χ3v) is 5.02. The second kappa shape index (κ2) is 6.38. The molecule has 0 heterocycles. The van der Waals surface area contributed by atoms with Crippen LogP contribution in [0.1, 0.15) is 71.6 Å². The van der Waals surface area contributed by atoms with Crippen LogP contribution in [0.4, 0.5) is 0 Å². The zero-order valence-corrected chi connectivity index (χ0v) is 12.2. The van der Waals surface area contributed by atoms with Crippen LogP contribution in [0.3, 0.4) is 0 Å². The molecule has 2 unspecified atom stereocenters. The minimum atomic E-state index is -0.0919. The number of hydrogen-bond donors (Lipinski definition) is 1. The standard InChI is InChI=1S/C16H30O2/c1-13(2)8-7-11-18-15-12-14(17)16(15)9-5-3-4-6-10-16/h13-15,17H,3-12H2,1-2H3. The fourth-order valence-corrected chi connectivity index (χ4v) is 3.72. The lowest BCUT2D eigenvalue weighted by atomic mass is 9.59. The molecule has 2 aliphatic carbocycles. The van der Waals surface area contributed by atoms with Gasteiger partial charge < -0.3 is 9.84 Å². The van der Waals surface area contributed by atoms with Gasteiger partial charge in [0.1, 0.15) is 0 Å². The SMILES string of the molecule is CC(C)CCCOC1CC(O)C12CCCCCC2. The fourth-order valence-electron chi connectivity index (χ4n) is 3.72. The summed E-state index contributed by atoms with van der Waals surface area (Å²) in [5.41, 5.74) is 0.133. The summed E-state index contributed by atoms with van der Waals surface area (Å²) in [5.74, 6) is 0.771. The molecule has 0 saturated heterocycles. The molecule has 2 saturated carbocycles. The molecule has 2 rings (SSSR count). The third kappa shape index (κ3) is 3.08. The van der Waals surface area contributed by atoms with Crippen molar-refractivity contribution < 1.29 is 9.84 Å². The van der Waals surface area contributed by atoms with Gasteiger partial charge in [0.15, 0.2) is 0 Å². The highest BCUT2D eigenvalue weighted by molar-refractivity contribution is 5.04. The molecule has 106 valence electrons. The maximum Gasteiger partial charge on any atom is 0.0680 e.